The molecule has 0 radical (unpaired) electrons. The van der Waals surface area contributed by atoms with Crippen LogP contribution in [0.5, 0.6) is 0 Å². The average molecular weight is 365 g/mol. The van der Waals surface area contributed by atoms with Gasteiger partial charge in [-0.3, -0.25) is 10.1 Å². The van der Waals surface area contributed by atoms with Gasteiger partial charge in [-0.1, -0.05) is 30.0 Å². The molecule has 5 nitrogen and oxygen atoms in total. The van der Waals surface area contributed by atoms with Gasteiger partial charge in [0.2, 0.25) is 0 Å². The lowest BCUT2D eigenvalue weighted by molar-refractivity contribution is -0.384. The molecule has 26 heavy (non-hydrogen) atoms. The van der Waals surface area contributed by atoms with Crippen LogP contribution < -0.4 is 0 Å². The van der Waals surface area contributed by atoms with E-state index >= 15 is 0 Å². The van der Waals surface area contributed by atoms with Crippen molar-refractivity contribution in [2.45, 2.75) is 31.6 Å². The third kappa shape index (κ3) is 4.08. The van der Waals surface area contributed by atoms with E-state index in [1.54, 1.807) is 23.9 Å². The molecule has 0 aliphatic heterocycles. The third-order valence-electron chi connectivity index (χ3n) is 4.29. The van der Waals surface area contributed by atoms with Gasteiger partial charge in [0.25, 0.3) is 5.69 Å². The first-order valence-electron chi connectivity index (χ1n) is 8.22. The summed E-state index contributed by atoms with van der Waals surface area (Å²) < 4.78 is 0. The molecule has 0 spiro atoms. The van der Waals surface area contributed by atoms with Gasteiger partial charge >= 0.3 is 0 Å². The lowest BCUT2D eigenvalue weighted by Crippen LogP contribution is -1.94. The standard InChI is InChI=1S/C20H19N3O2S/c1-13-10-15(3)18(11-14(13)2)19-8-9-20(22-21-19)26-12-16-4-6-17(7-5-16)23(24)25/h4-11H,12H2,1-3H3. The molecule has 0 saturated carbocycles. The number of nitrogens with zero attached hydrogens (tertiary/aromatic N) is 3. The van der Waals surface area contributed by atoms with E-state index in [0.29, 0.717) is 5.75 Å². The maximum absolute atomic E-state index is 10.7. The summed E-state index contributed by atoms with van der Waals surface area (Å²) >= 11 is 1.56. The predicted octanol–water partition coefficient (Wildman–Crippen LogP) is 5.27. The normalized spacial score (nSPS) is 10.7. The lowest BCUT2D eigenvalue weighted by atomic mass is 9.99. The predicted molar refractivity (Wildman–Crippen MR) is 104 cm³/mol. The maximum Gasteiger partial charge on any atom is 0.269 e. The van der Waals surface area contributed by atoms with E-state index in [2.05, 4.69) is 43.1 Å². The van der Waals surface area contributed by atoms with E-state index in [-0.39, 0.29) is 5.69 Å². The van der Waals surface area contributed by atoms with Crippen LogP contribution in [-0.4, -0.2) is 15.1 Å². The minimum Gasteiger partial charge on any atom is -0.258 e. The van der Waals surface area contributed by atoms with Gasteiger partial charge in [-0.05, 0) is 61.2 Å². The smallest absolute Gasteiger partial charge is 0.258 e. The summed E-state index contributed by atoms with van der Waals surface area (Å²) in [4.78, 5) is 10.3. The van der Waals surface area contributed by atoms with Gasteiger partial charge in [0.05, 0.1) is 10.6 Å². The molecule has 3 rings (SSSR count). The molecule has 0 N–H and O–H groups in total. The monoisotopic (exact) mass is 365 g/mol. The van der Waals surface area contributed by atoms with Crippen molar-refractivity contribution in [3.05, 3.63) is 80.9 Å². The molecule has 0 fully saturated rings. The lowest BCUT2D eigenvalue weighted by Gasteiger charge is -2.09. The number of nitro benzene ring substituents is 1. The third-order valence-corrected chi connectivity index (χ3v) is 5.28. The quantitative estimate of drug-likeness (QED) is 0.350. The van der Waals surface area contributed by atoms with Crippen molar-refractivity contribution in [1.29, 1.82) is 0 Å². The van der Waals surface area contributed by atoms with E-state index in [1.165, 1.54) is 28.8 Å². The van der Waals surface area contributed by atoms with Crippen LogP contribution in [0.3, 0.4) is 0 Å². The Bertz CT molecular complexity index is 939. The molecule has 1 heterocycles. The molecule has 0 amide bonds. The van der Waals surface area contributed by atoms with Gasteiger partial charge in [0.1, 0.15) is 5.03 Å². The number of rotatable bonds is 5. The second-order valence-electron chi connectivity index (χ2n) is 6.22. The second kappa shape index (κ2) is 7.66. The van der Waals surface area contributed by atoms with E-state index < -0.39 is 4.92 Å². The fraction of sp³-hybridized carbons (Fsp3) is 0.200. The number of hydrogen-bond donors (Lipinski definition) is 0. The topological polar surface area (TPSA) is 68.9 Å². The molecule has 132 valence electrons. The van der Waals surface area contributed by atoms with Crippen molar-refractivity contribution >= 4 is 17.4 Å². The molecule has 0 saturated heterocycles. The number of aryl methyl sites for hydroxylation is 3. The first kappa shape index (κ1) is 18.1. The number of benzene rings is 2. The Labute approximate surface area is 156 Å². The molecular formula is C20H19N3O2S. The van der Waals surface area contributed by atoms with E-state index in [4.69, 9.17) is 0 Å². The Morgan fingerprint density at radius 2 is 1.62 bits per heavy atom. The zero-order chi connectivity index (χ0) is 18.7. The molecule has 0 bridgehead atoms. The highest BCUT2D eigenvalue weighted by Gasteiger charge is 2.08. The van der Waals surface area contributed by atoms with Gasteiger partial charge in [-0.15, -0.1) is 10.2 Å². The Hall–Kier alpha value is -2.73. The summed E-state index contributed by atoms with van der Waals surface area (Å²) in [5, 5.41) is 20.2. The highest BCUT2D eigenvalue weighted by molar-refractivity contribution is 7.98. The molecule has 0 aliphatic carbocycles. The van der Waals surface area contributed by atoms with Gasteiger partial charge in [0, 0.05) is 23.4 Å². The van der Waals surface area contributed by atoms with Gasteiger partial charge < -0.3 is 0 Å². The van der Waals surface area contributed by atoms with Crippen molar-refractivity contribution in [2.75, 3.05) is 0 Å². The molecular weight excluding hydrogens is 346 g/mol. The minimum atomic E-state index is -0.393. The van der Waals surface area contributed by atoms with Crippen molar-refractivity contribution in [3.8, 4) is 11.3 Å². The minimum absolute atomic E-state index is 0.103. The van der Waals surface area contributed by atoms with Gasteiger partial charge in [-0.25, -0.2) is 0 Å². The van der Waals surface area contributed by atoms with Crippen LogP contribution in [0.25, 0.3) is 11.3 Å². The second-order valence-corrected chi connectivity index (χ2v) is 7.22. The zero-order valence-corrected chi connectivity index (χ0v) is 15.7. The molecule has 1 aromatic heterocycles. The molecule has 2 aromatic carbocycles. The number of non-ortho nitro benzene ring substituents is 1. The Balaban J connectivity index is 1.70. The van der Waals surface area contributed by atoms with Crippen LogP contribution in [0, 0.1) is 30.9 Å². The Morgan fingerprint density at radius 1 is 0.923 bits per heavy atom. The number of thioether (sulfide) groups is 1. The van der Waals surface area contributed by atoms with Gasteiger partial charge in [0.15, 0.2) is 0 Å². The van der Waals surface area contributed by atoms with E-state index in [1.807, 2.05) is 12.1 Å². The summed E-state index contributed by atoms with van der Waals surface area (Å²) in [5.41, 5.74) is 6.79. The van der Waals surface area contributed by atoms with Crippen LogP contribution in [0.1, 0.15) is 22.3 Å². The fourth-order valence-electron chi connectivity index (χ4n) is 2.65. The highest BCUT2D eigenvalue weighted by atomic mass is 32.2. The summed E-state index contributed by atoms with van der Waals surface area (Å²) in [7, 11) is 0. The summed E-state index contributed by atoms with van der Waals surface area (Å²) in [6, 6.07) is 14.9. The number of nitro groups is 1. The SMILES string of the molecule is Cc1cc(C)c(-c2ccc(SCc3ccc([N+](=O)[O-])cc3)nn2)cc1C. The fourth-order valence-corrected chi connectivity index (χ4v) is 3.42. The van der Waals surface area contributed by atoms with Gasteiger partial charge in [-0.2, -0.15) is 0 Å². The molecule has 3 aromatic rings. The molecule has 0 unspecified atom stereocenters. The van der Waals surface area contributed by atoms with Crippen molar-refractivity contribution in [2.24, 2.45) is 0 Å². The summed E-state index contributed by atoms with van der Waals surface area (Å²) in [5.74, 6) is 0.689. The summed E-state index contributed by atoms with van der Waals surface area (Å²) in [6.07, 6.45) is 0. The maximum atomic E-state index is 10.7. The first-order valence-corrected chi connectivity index (χ1v) is 9.20. The van der Waals surface area contributed by atoms with Crippen LogP contribution in [0.15, 0.2) is 53.6 Å². The van der Waals surface area contributed by atoms with E-state index in [9.17, 15) is 10.1 Å². The van der Waals surface area contributed by atoms with Crippen LogP contribution >= 0.6 is 11.8 Å². The Kier molecular flexibility index (Phi) is 5.32. The van der Waals surface area contributed by atoms with E-state index in [0.717, 1.165) is 21.8 Å². The zero-order valence-electron chi connectivity index (χ0n) is 14.9. The van der Waals surface area contributed by atoms with Crippen molar-refractivity contribution in [1.82, 2.24) is 10.2 Å². The van der Waals surface area contributed by atoms with Crippen molar-refractivity contribution in [3.63, 3.8) is 0 Å². The first-order chi connectivity index (χ1) is 12.4. The largest absolute Gasteiger partial charge is 0.269 e. The number of hydrogen-bond acceptors (Lipinski definition) is 5. The average Bonchev–Trinajstić information content (AvgIpc) is 2.64. The molecule has 0 atom stereocenters. The van der Waals surface area contributed by atoms with Crippen LogP contribution in [0.2, 0.25) is 0 Å². The Morgan fingerprint density at radius 3 is 2.23 bits per heavy atom. The van der Waals surface area contributed by atoms with Crippen LogP contribution in [0.4, 0.5) is 5.69 Å². The van der Waals surface area contributed by atoms with Crippen LogP contribution in [-0.2, 0) is 5.75 Å². The van der Waals surface area contributed by atoms with Crippen molar-refractivity contribution < 1.29 is 4.92 Å². The summed E-state index contributed by atoms with van der Waals surface area (Å²) in [6.45, 7) is 6.29. The molecule has 0 aliphatic rings. The molecule has 6 heteroatoms. The number of aromatic nitrogens is 2. The highest BCUT2D eigenvalue weighted by Crippen LogP contribution is 2.27.